The molecule has 0 unspecified atom stereocenters. The molecule has 4 aromatic rings. The van der Waals surface area contributed by atoms with Gasteiger partial charge in [-0.1, -0.05) is 30.7 Å². The summed E-state index contributed by atoms with van der Waals surface area (Å²) in [5.74, 6) is -2.51. The molecule has 1 aliphatic rings. The summed E-state index contributed by atoms with van der Waals surface area (Å²) in [6, 6.07) is 11.0. The van der Waals surface area contributed by atoms with Gasteiger partial charge in [0.05, 0.1) is 5.56 Å². The minimum Gasteiger partial charge on any atom is -0.478 e. The van der Waals surface area contributed by atoms with Crippen LogP contribution in [0.5, 0.6) is 0 Å². The van der Waals surface area contributed by atoms with Gasteiger partial charge in [0, 0.05) is 10.8 Å². The number of fused-ring (bicyclic) bond motifs is 3. The fourth-order valence-electron chi connectivity index (χ4n) is 4.43. The van der Waals surface area contributed by atoms with E-state index in [1.807, 2.05) is 0 Å². The lowest BCUT2D eigenvalue weighted by Gasteiger charge is -2.27. The topological polar surface area (TPSA) is 87.7 Å². The molecule has 0 spiro atoms. The fraction of sp³-hybridized carbons (Fsp3) is 0.200. The second-order valence-electron chi connectivity index (χ2n) is 8.23. The highest BCUT2D eigenvalue weighted by Gasteiger charge is 2.33. The zero-order valence-corrected chi connectivity index (χ0v) is 17.1. The van der Waals surface area contributed by atoms with E-state index in [1.54, 1.807) is 12.1 Å². The number of alkyl halides is 3. The monoisotopic (exact) mass is 454 g/mol. The Morgan fingerprint density at radius 1 is 0.909 bits per heavy atom. The standard InChI is InChI=1S/C25H17F3O5/c26-25(27,28)15-10-13(12-3-1-4-12)9-14(11-15)16-7-8-19(24(31)32)22-20(16)17-5-2-6-18(23(29)30)21(17)33-22/h2,5-12H,1,3-4H2,(H,29,30)(H,31,32). The van der Waals surface area contributed by atoms with Crippen molar-refractivity contribution in [3.8, 4) is 11.1 Å². The quantitative estimate of drug-likeness (QED) is 0.349. The van der Waals surface area contributed by atoms with Crippen molar-refractivity contribution in [2.24, 2.45) is 0 Å². The van der Waals surface area contributed by atoms with Gasteiger partial charge >= 0.3 is 18.1 Å². The Labute approximate surface area is 185 Å². The van der Waals surface area contributed by atoms with Crippen LogP contribution in [0.25, 0.3) is 33.1 Å². The summed E-state index contributed by atoms with van der Waals surface area (Å²) in [4.78, 5) is 23.5. The van der Waals surface area contributed by atoms with Gasteiger partial charge in [-0.25, -0.2) is 9.59 Å². The summed E-state index contributed by atoms with van der Waals surface area (Å²) in [6.45, 7) is 0. The Morgan fingerprint density at radius 2 is 1.61 bits per heavy atom. The van der Waals surface area contributed by atoms with E-state index >= 15 is 0 Å². The van der Waals surface area contributed by atoms with Crippen LogP contribution in [0.3, 0.4) is 0 Å². The van der Waals surface area contributed by atoms with E-state index in [4.69, 9.17) is 4.42 Å². The van der Waals surface area contributed by atoms with Crippen molar-refractivity contribution < 1.29 is 37.4 Å². The van der Waals surface area contributed by atoms with Gasteiger partial charge in [0.25, 0.3) is 0 Å². The van der Waals surface area contributed by atoms with Crippen LogP contribution in [-0.4, -0.2) is 22.2 Å². The molecule has 1 aliphatic carbocycles. The van der Waals surface area contributed by atoms with Crippen LogP contribution in [0.4, 0.5) is 13.2 Å². The molecule has 0 bridgehead atoms. The molecule has 1 saturated carbocycles. The van der Waals surface area contributed by atoms with Crippen molar-refractivity contribution in [3.63, 3.8) is 0 Å². The maximum atomic E-state index is 13.7. The van der Waals surface area contributed by atoms with Gasteiger partial charge in [-0.3, -0.25) is 0 Å². The molecular formula is C25H17F3O5. The third kappa shape index (κ3) is 3.42. The van der Waals surface area contributed by atoms with Crippen LogP contribution in [0.1, 0.15) is 57.0 Å². The molecule has 3 aromatic carbocycles. The number of hydrogen-bond donors (Lipinski definition) is 2. The van der Waals surface area contributed by atoms with E-state index in [-0.39, 0.29) is 39.2 Å². The Bertz CT molecular complexity index is 1440. The van der Waals surface area contributed by atoms with Crippen molar-refractivity contribution in [2.45, 2.75) is 31.4 Å². The van der Waals surface area contributed by atoms with E-state index in [2.05, 4.69) is 0 Å². The Hall–Kier alpha value is -3.81. The first-order chi connectivity index (χ1) is 15.6. The first kappa shape index (κ1) is 21.1. The summed E-state index contributed by atoms with van der Waals surface area (Å²) in [5, 5.41) is 19.8. The summed E-state index contributed by atoms with van der Waals surface area (Å²) < 4.78 is 46.8. The molecule has 5 rings (SSSR count). The molecule has 1 aromatic heterocycles. The second kappa shape index (κ2) is 7.37. The van der Waals surface area contributed by atoms with E-state index in [0.29, 0.717) is 16.5 Å². The van der Waals surface area contributed by atoms with Gasteiger partial charge in [-0.15, -0.1) is 0 Å². The van der Waals surface area contributed by atoms with Crippen molar-refractivity contribution in [3.05, 3.63) is 70.8 Å². The molecule has 0 amide bonds. The van der Waals surface area contributed by atoms with Crippen molar-refractivity contribution in [2.75, 3.05) is 0 Å². The van der Waals surface area contributed by atoms with E-state index in [0.717, 1.165) is 25.3 Å². The number of carboxylic acids is 2. The molecule has 0 aliphatic heterocycles. The number of aromatic carboxylic acids is 2. The molecule has 0 radical (unpaired) electrons. The highest BCUT2D eigenvalue weighted by atomic mass is 19.4. The largest absolute Gasteiger partial charge is 0.478 e. The van der Waals surface area contributed by atoms with Gasteiger partial charge in [-0.2, -0.15) is 13.2 Å². The molecular weight excluding hydrogens is 437 g/mol. The molecule has 33 heavy (non-hydrogen) atoms. The number of rotatable bonds is 4. The maximum absolute atomic E-state index is 13.7. The van der Waals surface area contributed by atoms with Gasteiger partial charge in [0.2, 0.25) is 0 Å². The Balaban J connectivity index is 1.87. The number of carboxylic acid groups (broad SMARTS) is 2. The third-order valence-electron chi connectivity index (χ3n) is 6.28. The molecule has 0 saturated heterocycles. The zero-order chi connectivity index (χ0) is 23.5. The lowest BCUT2D eigenvalue weighted by atomic mass is 9.78. The van der Waals surface area contributed by atoms with Crippen LogP contribution in [-0.2, 0) is 6.18 Å². The summed E-state index contributed by atoms with van der Waals surface area (Å²) in [7, 11) is 0. The average molecular weight is 454 g/mol. The highest BCUT2D eigenvalue weighted by Crippen LogP contribution is 2.44. The normalized spacial score (nSPS) is 14.5. The predicted octanol–water partition coefficient (Wildman–Crippen LogP) is 6.94. The minimum atomic E-state index is -4.55. The van der Waals surface area contributed by atoms with Crippen LogP contribution < -0.4 is 0 Å². The second-order valence-corrected chi connectivity index (χ2v) is 8.23. The van der Waals surface area contributed by atoms with Crippen LogP contribution in [0, 0.1) is 0 Å². The number of carbonyl (C=O) groups is 2. The smallest absolute Gasteiger partial charge is 0.416 e. The van der Waals surface area contributed by atoms with Crippen molar-refractivity contribution in [1.82, 2.24) is 0 Å². The number of para-hydroxylation sites is 1. The molecule has 168 valence electrons. The van der Waals surface area contributed by atoms with Crippen LogP contribution in [0.15, 0.2) is 52.9 Å². The number of furan rings is 1. The third-order valence-corrected chi connectivity index (χ3v) is 6.28. The fourth-order valence-corrected chi connectivity index (χ4v) is 4.43. The molecule has 2 N–H and O–H groups in total. The molecule has 8 heteroatoms. The molecule has 1 heterocycles. The number of benzene rings is 3. The lowest BCUT2D eigenvalue weighted by Crippen LogP contribution is -2.12. The number of halogens is 3. The summed E-state index contributed by atoms with van der Waals surface area (Å²) in [6.07, 6.45) is -1.98. The molecule has 5 nitrogen and oxygen atoms in total. The predicted molar refractivity (Wildman–Crippen MR) is 115 cm³/mol. The first-order valence-corrected chi connectivity index (χ1v) is 10.3. The van der Waals surface area contributed by atoms with E-state index < -0.39 is 23.7 Å². The van der Waals surface area contributed by atoms with Crippen molar-refractivity contribution in [1.29, 1.82) is 0 Å². The Kier molecular flexibility index (Phi) is 4.70. The Morgan fingerprint density at radius 3 is 2.21 bits per heavy atom. The van der Waals surface area contributed by atoms with Gasteiger partial charge in [0.1, 0.15) is 16.7 Å². The lowest BCUT2D eigenvalue weighted by molar-refractivity contribution is -0.137. The van der Waals surface area contributed by atoms with Crippen LogP contribution >= 0.6 is 0 Å². The van der Waals surface area contributed by atoms with Gasteiger partial charge in [0.15, 0.2) is 5.58 Å². The minimum absolute atomic E-state index is 0.0267. The van der Waals surface area contributed by atoms with E-state index in [9.17, 15) is 33.0 Å². The van der Waals surface area contributed by atoms with Crippen molar-refractivity contribution >= 4 is 33.9 Å². The van der Waals surface area contributed by atoms with Gasteiger partial charge < -0.3 is 14.6 Å². The molecule has 1 fully saturated rings. The van der Waals surface area contributed by atoms with Gasteiger partial charge in [-0.05, 0) is 59.7 Å². The first-order valence-electron chi connectivity index (χ1n) is 10.3. The SMILES string of the molecule is O=C(O)c1cccc2c1oc1c(C(=O)O)ccc(-c3cc(C4CCC4)cc(C(F)(F)F)c3)c12. The van der Waals surface area contributed by atoms with Crippen LogP contribution in [0.2, 0.25) is 0 Å². The highest BCUT2D eigenvalue weighted by molar-refractivity contribution is 6.20. The van der Waals surface area contributed by atoms with E-state index in [1.165, 1.54) is 30.3 Å². The summed E-state index contributed by atoms with van der Waals surface area (Å²) >= 11 is 0. The molecule has 0 atom stereocenters. The zero-order valence-electron chi connectivity index (χ0n) is 17.1. The summed E-state index contributed by atoms with van der Waals surface area (Å²) in [5.41, 5.74) is -0.0397. The average Bonchev–Trinajstić information content (AvgIpc) is 3.10. The number of hydrogen-bond acceptors (Lipinski definition) is 3. The maximum Gasteiger partial charge on any atom is 0.416 e.